The maximum absolute atomic E-state index is 12.6. The first-order valence-corrected chi connectivity index (χ1v) is 7.95. The molecular weight excluding hydrogens is 330 g/mol. The van der Waals surface area contributed by atoms with E-state index in [2.05, 4.69) is 15.3 Å². The molecule has 24 heavy (non-hydrogen) atoms. The van der Waals surface area contributed by atoms with Gasteiger partial charge in [0, 0.05) is 16.9 Å². The van der Waals surface area contributed by atoms with Gasteiger partial charge in [0.25, 0.3) is 5.91 Å². The standard InChI is InChI=1S/C17H18ClN3O3/c1-4-10-6-7-13(18)11(5-2)14(10)21-16(22)15-12(17(23)24)8-19-9(3)20-15/h6-8H,4-5H2,1-3H3,(H,21,22)(H,23,24). The van der Waals surface area contributed by atoms with E-state index in [1.54, 1.807) is 13.0 Å². The minimum absolute atomic E-state index is 0.168. The number of carbonyl (C=O) groups excluding carboxylic acids is 1. The molecule has 1 aromatic heterocycles. The summed E-state index contributed by atoms with van der Waals surface area (Å²) in [4.78, 5) is 31.8. The van der Waals surface area contributed by atoms with E-state index in [9.17, 15) is 14.7 Å². The zero-order valence-corrected chi connectivity index (χ0v) is 14.4. The van der Waals surface area contributed by atoms with Crippen molar-refractivity contribution in [1.29, 1.82) is 0 Å². The van der Waals surface area contributed by atoms with Gasteiger partial charge in [0.1, 0.15) is 17.1 Å². The summed E-state index contributed by atoms with van der Waals surface area (Å²) in [5.74, 6) is -1.52. The van der Waals surface area contributed by atoms with E-state index >= 15 is 0 Å². The Hall–Kier alpha value is -2.47. The number of aromatic nitrogens is 2. The average molecular weight is 348 g/mol. The lowest BCUT2D eigenvalue weighted by atomic mass is 10.0. The molecule has 0 aliphatic heterocycles. The lowest BCUT2D eigenvalue weighted by molar-refractivity contribution is 0.0691. The van der Waals surface area contributed by atoms with E-state index in [0.717, 1.165) is 17.3 Å². The van der Waals surface area contributed by atoms with Gasteiger partial charge in [-0.1, -0.05) is 31.5 Å². The second-order valence-corrected chi connectivity index (χ2v) is 5.61. The van der Waals surface area contributed by atoms with Crippen LogP contribution < -0.4 is 5.32 Å². The fourth-order valence-electron chi connectivity index (χ4n) is 2.44. The molecular formula is C17H18ClN3O3. The maximum atomic E-state index is 12.6. The fourth-order valence-corrected chi connectivity index (χ4v) is 2.73. The Kier molecular flexibility index (Phi) is 5.51. The molecule has 2 aromatic rings. The Morgan fingerprint density at radius 3 is 2.54 bits per heavy atom. The summed E-state index contributed by atoms with van der Waals surface area (Å²) in [6.07, 6.45) is 2.48. The minimum atomic E-state index is -1.25. The summed E-state index contributed by atoms with van der Waals surface area (Å²) in [6.45, 7) is 5.50. The Morgan fingerprint density at radius 2 is 1.96 bits per heavy atom. The molecule has 0 saturated heterocycles. The number of rotatable bonds is 5. The van der Waals surface area contributed by atoms with Gasteiger partial charge in [-0.2, -0.15) is 0 Å². The van der Waals surface area contributed by atoms with E-state index in [-0.39, 0.29) is 11.3 Å². The second-order valence-electron chi connectivity index (χ2n) is 5.21. The monoisotopic (exact) mass is 347 g/mol. The van der Waals surface area contributed by atoms with E-state index < -0.39 is 11.9 Å². The van der Waals surface area contributed by atoms with Crippen LogP contribution in [0.25, 0.3) is 0 Å². The Balaban J connectivity index is 2.50. The Bertz CT molecular complexity index is 806. The van der Waals surface area contributed by atoms with Gasteiger partial charge in [0.2, 0.25) is 0 Å². The third-order valence-electron chi connectivity index (χ3n) is 3.67. The quantitative estimate of drug-likeness (QED) is 0.863. The zero-order chi connectivity index (χ0) is 17.9. The fraction of sp³-hybridized carbons (Fsp3) is 0.294. The highest BCUT2D eigenvalue weighted by Crippen LogP contribution is 2.30. The molecule has 6 nitrogen and oxygen atoms in total. The number of nitrogens with zero attached hydrogens (tertiary/aromatic N) is 2. The summed E-state index contributed by atoms with van der Waals surface area (Å²) in [6, 6.07) is 3.65. The first kappa shape index (κ1) is 17.9. The number of anilines is 1. The van der Waals surface area contributed by atoms with Crippen LogP contribution in [0.5, 0.6) is 0 Å². The van der Waals surface area contributed by atoms with Crippen LogP contribution in [0.3, 0.4) is 0 Å². The first-order chi connectivity index (χ1) is 11.4. The smallest absolute Gasteiger partial charge is 0.339 e. The summed E-state index contributed by atoms with van der Waals surface area (Å²) in [5, 5.41) is 12.6. The van der Waals surface area contributed by atoms with Gasteiger partial charge < -0.3 is 10.4 Å². The molecule has 0 aliphatic carbocycles. The predicted octanol–water partition coefficient (Wildman–Crippen LogP) is 3.51. The summed E-state index contributed by atoms with van der Waals surface area (Å²) >= 11 is 6.22. The molecule has 0 fully saturated rings. The minimum Gasteiger partial charge on any atom is -0.478 e. The molecule has 0 radical (unpaired) electrons. The predicted molar refractivity (Wildman–Crippen MR) is 91.9 cm³/mol. The van der Waals surface area contributed by atoms with Gasteiger partial charge in [-0.3, -0.25) is 4.79 Å². The molecule has 0 unspecified atom stereocenters. The lowest BCUT2D eigenvalue weighted by Gasteiger charge is -2.16. The normalized spacial score (nSPS) is 10.5. The molecule has 1 aromatic carbocycles. The second kappa shape index (κ2) is 7.40. The molecule has 2 N–H and O–H groups in total. The molecule has 1 heterocycles. The van der Waals surface area contributed by atoms with Crippen LogP contribution in [-0.4, -0.2) is 27.0 Å². The third-order valence-corrected chi connectivity index (χ3v) is 4.02. The van der Waals surface area contributed by atoms with Crippen molar-refractivity contribution in [1.82, 2.24) is 9.97 Å². The Morgan fingerprint density at radius 1 is 1.25 bits per heavy atom. The van der Waals surface area contributed by atoms with Crippen LogP contribution in [-0.2, 0) is 12.8 Å². The molecule has 1 amide bonds. The molecule has 2 rings (SSSR count). The molecule has 0 aliphatic rings. The van der Waals surface area contributed by atoms with E-state index in [4.69, 9.17) is 11.6 Å². The van der Waals surface area contributed by atoms with Crippen LogP contribution in [0, 0.1) is 6.92 Å². The van der Waals surface area contributed by atoms with Crippen LogP contribution in [0.4, 0.5) is 5.69 Å². The number of carboxylic acids is 1. The van der Waals surface area contributed by atoms with Crippen molar-refractivity contribution in [2.24, 2.45) is 0 Å². The molecule has 0 atom stereocenters. The highest BCUT2D eigenvalue weighted by molar-refractivity contribution is 6.32. The number of hydrogen-bond acceptors (Lipinski definition) is 4. The van der Waals surface area contributed by atoms with Gasteiger partial charge in [0.15, 0.2) is 0 Å². The molecule has 0 saturated carbocycles. The van der Waals surface area contributed by atoms with Gasteiger partial charge in [-0.05, 0) is 37.0 Å². The Labute approximate surface area is 144 Å². The van der Waals surface area contributed by atoms with Gasteiger partial charge in [0.05, 0.1) is 0 Å². The number of aromatic carboxylic acids is 1. The van der Waals surface area contributed by atoms with Crippen molar-refractivity contribution in [2.45, 2.75) is 33.6 Å². The third kappa shape index (κ3) is 3.54. The summed E-state index contributed by atoms with van der Waals surface area (Å²) < 4.78 is 0. The average Bonchev–Trinajstić information content (AvgIpc) is 2.55. The van der Waals surface area contributed by atoms with Crippen molar-refractivity contribution in [3.05, 3.63) is 51.6 Å². The lowest BCUT2D eigenvalue weighted by Crippen LogP contribution is -2.21. The van der Waals surface area contributed by atoms with Crippen molar-refractivity contribution in [2.75, 3.05) is 5.32 Å². The maximum Gasteiger partial charge on any atom is 0.339 e. The van der Waals surface area contributed by atoms with Crippen molar-refractivity contribution < 1.29 is 14.7 Å². The topological polar surface area (TPSA) is 92.2 Å². The van der Waals surface area contributed by atoms with Crippen molar-refractivity contribution >= 4 is 29.2 Å². The van der Waals surface area contributed by atoms with E-state index in [1.807, 2.05) is 19.9 Å². The number of nitrogens with one attached hydrogen (secondary N) is 1. The highest BCUT2D eigenvalue weighted by atomic mass is 35.5. The van der Waals surface area contributed by atoms with Crippen molar-refractivity contribution in [3.63, 3.8) is 0 Å². The van der Waals surface area contributed by atoms with Crippen LogP contribution in [0.15, 0.2) is 18.3 Å². The highest BCUT2D eigenvalue weighted by Gasteiger charge is 2.21. The molecule has 0 bridgehead atoms. The van der Waals surface area contributed by atoms with Gasteiger partial charge >= 0.3 is 5.97 Å². The molecule has 0 spiro atoms. The number of carbonyl (C=O) groups is 2. The molecule has 7 heteroatoms. The summed E-state index contributed by atoms with van der Waals surface area (Å²) in [5.41, 5.74) is 1.94. The number of halogens is 1. The SMILES string of the molecule is CCc1ccc(Cl)c(CC)c1NC(=O)c1nc(C)ncc1C(=O)O. The number of hydrogen-bond donors (Lipinski definition) is 2. The number of aryl methyl sites for hydroxylation is 2. The van der Waals surface area contributed by atoms with E-state index in [0.29, 0.717) is 29.4 Å². The van der Waals surface area contributed by atoms with Crippen molar-refractivity contribution in [3.8, 4) is 0 Å². The number of carboxylic acid groups (broad SMARTS) is 1. The van der Waals surface area contributed by atoms with Crippen LogP contribution in [0.1, 0.15) is 51.6 Å². The van der Waals surface area contributed by atoms with Gasteiger partial charge in [-0.25, -0.2) is 14.8 Å². The van der Waals surface area contributed by atoms with Gasteiger partial charge in [-0.15, -0.1) is 0 Å². The largest absolute Gasteiger partial charge is 0.478 e. The van der Waals surface area contributed by atoms with Crippen LogP contribution in [0.2, 0.25) is 5.02 Å². The number of amides is 1. The van der Waals surface area contributed by atoms with Crippen LogP contribution >= 0.6 is 11.6 Å². The zero-order valence-electron chi connectivity index (χ0n) is 13.7. The molecule has 126 valence electrons. The first-order valence-electron chi connectivity index (χ1n) is 7.57. The number of benzene rings is 1. The summed E-state index contributed by atoms with van der Waals surface area (Å²) in [7, 11) is 0. The van der Waals surface area contributed by atoms with E-state index in [1.165, 1.54) is 0 Å².